The number of aromatic nitrogens is 1. The highest BCUT2D eigenvalue weighted by molar-refractivity contribution is 5.83. The van der Waals surface area contributed by atoms with Crippen molar-refractivity contribution in [2.75, 3.05) is 7.11 Å². The Morgan fingerprint density at radius 2 is 1.86 bits per heavy atom. The highest BCUT2D eigenvalue weighted by Gasteiger charge is 2.05. The zero-order valence-corrected chi connectivity index (χ0v) is 12.1. The largest absolute Gasteiger partial charge is 0.497 e. The molecule has 21 heavy (non-hydrogen) atoms. The van der Waals surface area contributed by atoms with Crippen LogP contribution in [0.4, 0.5) is 0 Å². The van der Waals surface area contributed by atoms with E-state index in [9.17, 15) is 5.11 Å². The van der Waals surface area contributed by atoms with Crippen molar-refractivity contribution >= 4 is 10.9 Å². The van der Waals surface area contributed by atoms with E-state index in [0.717, 1.165) is 29.7 Å². The fourth-order valence-electron chi connectivity index (χ4n) is 2.66. The van der Waals surface area contributed by atoms with Gasteiger partial charge in [0.25, 0.3) is 0 Å². The summed E-state index contributed by atoms with van der Waals surface area (Å²) in [5.41, 5.74) is 3.45. The minimum Gasteiger partial charge on any atom is -0.497 e. The van der Waals surface area contributed by atoms with Gasteiger partial charge in [-0.25, -0.2) is 0 Å². The van der Waals surface area contributed by atoms with Gasteiger partial charge in [-0.2, -0.15) is 0 Å². The van der Waals surface area contributed by atoms with E-state index in [1.807, 2.05) is 24.3 Å². The molecule has 0 spiro atoms. The Hall–Kier alpha value is -2.26. The van der Waals surface area contributed by atoms with Crippen molar-refractivity contribution in [2.24, 2.45) is 0 Å². The van der Waals surface area contributed by atoms with E-state index in [1.165, 1.54) is 11.1 Å². The number of aliphatic hydroxyl groups is 1. The standard InChI is InChI=1S/C18H19NO2/c1-21-16-7-5-14(6-8-16)9-11-19-12-10-17-15(13-20)3-2-4-18(17)19/h2-8,10,12,20H,9,11,13H2,1H3. The molecule has 1 heterocycles. The Morgan fingerprint density at radius 3 is 2.57 bits per heavy atom. The third kappa shape index (κ3) is 2.78. The quantitative estimate of drug-likeness (QED) is 0.778. The Morgan fingerprint density at radius 1 is 1.05 bits per heavy atom. The first kappa shape index (κ1) is 13.7. The molecule has 3 aromatic rings. The highest BCUT2D eigenvalue weighted by Crippen LogP contribution is 2.21. The number of rotatable bonds is 5. The molecule has 0 saturated carbocycles. The summed E-state index contributed by atoms with van der Waals surface area (Å²) >= 11 is 0. The van der Waals surface area contributed by atoms with Gasteiger partial charge >= 0.3 is 0 Å². The fraction of sp³-hybridized carbons (Fsp3) is 0.222. The minimum atomic E-state index is 0.0832. The maximum Gasteiger partial charge on any atom is 0.118 e. The van der Waals surface area contributed by atoms with Crippen LogP contribution in [0.25, 0.3) is 10.9 Å². The monoisotopic (exact) mass is 281 g/mol. The molecule has 3 nitrogen and oxygen atoms in total. The van der Waals surface area contributed by atoms with E-state index in [4.69, 9.17) is 4.74 Å². The number of benzene rings is 2. The van der Waals surface area contributed by atoms with Gasteiger partial charge in [-0.05, 0) is 41.8 Å². The van der Waals surface area contributed by atoms with E-state index in [2.05, 4.69) is 35.0 Å². The molecule has 3 rings (SSSR count). The number of fused-ring (bicyclic) bond motifs is 1. The van der Waals surface area contributed by atoms with Gasteiger partial charge < -0.3 is 14.4 Å². The average Bonchev–Trinajstić information content (AvgIpc) is 2.96. The van der Waals surface area contributed by atoms with E-state index >= 15 is 0 Å². The van der Waals surface area contributed by atoms with Crippen molar-refractivity contribution in [3.63, 3.8) is 0 Å². The molecule has 2 aromatic carbocycles. The molecule has 0 radical (unpaired) electrons. The first-order valence-corrected chi connectivity index (χ1v) is 7.12. The van der Waals surface area contributed by atoms with Crippen LogP contribution in [-0.4, -0.2) is 16.8 Å². The van der Waals surface area contributed by atoms with Crippen molar-refractivity contribution < 1.29 is 9.84 Å². The van der Waals surface area contributed by atoms with E-state index < -0.39 is 0 Å². The number of nitrogens with zero attached hydrogens (tertiary/aromatic N) is 1. The smallest absolute Gasteiger partial charge is 0.118 e. The second-order valence-corrected chi connectivity index (χ2v) is 5.12. The van der Waals surface area contributed by atoms with Crippen molar-refractivity contribution in [2.45, 2.75) is 19.6 Å². The van der Waals surface area contributed by atoms with E-state index in [-0.39, 0.29) is 6.61 Å². The van der Waals surface area contributed by atoms with E-state index in [0.29, 0.717) is 0 Å². The van der Waals surface area contributed by atoms with Crippen LogP contribution in [-0.2, 0) is 19.6 Å². The third-order valence-corrected chi connectivity index (χ3v) is 3.87. The second kappa shape index (κ2) is 6.02. The molecule has 1 aromatic heterocycles. The molecule has 0 bridgehead atoms. The van der Waals surface area contributed by atoms with Gasteiger partial charge in [-0.15, -0.1) is 0 Å². The predicted molar refractivity (Wildman–Crippen MR) is 84.6 cm³/mol. The summed E-state index contributed by atoms with van der Waals surface area (Å²) in [5.74, 6) is 0.887. The van der Waals surface area contributed by atoms with Gasteiger partial charge in [0.05, 0.1) is 13.7 Å². The predicted octanol–water partition coefficient (Wildman–Crippen LogP) is 3.38. The van der Waals surface area contributed by atoms with Crippen LogP contribution in [0.5, 0.6) is 5.75 Å². The van der Waals surface area contributed by atoms with Gasteiger partial charge in [0, 0.05) is 23.6 Å². The fourth-order valence-corrected chi connectivity index (χ4v) is 2.66. The van der Waals surface area contributed by atoms with Gasteiger partial charge in [0.15, 0.2) is 0 Å². The lowest BCUT2D eigenvalue weighted by molar-refractivity contribution is 0.283. The zero-order valence-electron chi connectivity index (χ0n) is 12.1. The molecule has 0 amide bonds. The van der Waals surface area contributed by atoms with Crippen LogP contribution in [0.1, 0.15) is 11.1 Å². The number of aliphatic hydroxyl groups excluding tert-OH is 1. The molecular weight excluding hydrogens is 262 g/mol. The lowest BCUT2D eigenvalue weighted by Gasteiger charge is -2.07. The summed E-state index contributed by atoms with van der Waals surface area (Å²) in [6, 6.07) is 16.3. The zero-order chi connectivity index (χ0) is 14.7. The Labute approximate surface area is 124 Å². The number of ether oxygens (including phenoxy) is 1. The Kier molecular flexibility index (Phi) is 3.93. The topological polar surface area (TPSA) is 34.4 Å². The first-order chi connectivity index (χ1) is 10.3. The van der Waals surface area contributed by atoms with E-state index in [1.54, 1.807) is 7.11 Å². The second-order valence-electron chi connectivity index (χ2n) is 5.12. The third-order valence-electron chi connectivity index (χ3n) is 3.87. The summed E-state index contributed by atoms with van der Waals surface area (Å²) in [7, 11) is 1.68. The Bertz CT molecular complexity index is 729. The summed E-state index contributed by atoms with van der Waals surface area (Å²) in [6.45, 7) is 1.00. The van der Waals surface area contributed by atoms with Crippen molar-refractivity contribution in [1.82, 2.24) is 4.57 Å². The number of hydrogen-bond acceptors (Lipinski definition) is 2. The maximum absolute atomic E-state index is 9.38. The molecule has 0 aliphatic heterocycles. The van der Waals surface area contributed by atoms with Gasteiger partial charge in [0.2, 0.25) is 0 Å². The lowest BCUT2D eigenvalue weighted by atomic mass is 10.1. The molecular formula is C18H19NO2. The Balaban J connectivity index is 1.78. The van der Waals surface area contributed by atoms with Gasteiger partial charge in [-0.1, -0.05) is 24.3 Å². The first-order valence-electron chi connectivity index (χ1n) is 7.12. The molecule has 0 fully saturated rings. The number of aryl methyl sites for hydroxylation is 2. The summed E-state index contributed by atoms with van der Waals surface area (Å²) < 4.78 is 7.41. The van der Waals surface area contributed by atoms with Crippen LogP contribution >= 0.6 is 0 Å². The summed E-state index contributed by atoms with van der Waals surface area (Å²) in [4.78, 5) is 0. The average molecular weight is 281 g/mol. The molecule has 1 N–H and O–H groups in total. The molecule has 0 saturated heterocycles. The lowest BCUT2D eigenvalue weighted by Crippen LogP contribution is -2.00. The normalized spacial score (nSPS) is 11.0. The number of methoxy groups -OCH3 is 1. The highest BCUT2D eigenvalue weighted by atomic mass is 16.5. The molecule has 108 valence electrons. The van der Waals surface area contributed by atoms with Crippen molar-refractivity contribution in [3.05, 3.63) is 65.9 Å². The summed E-state index contributed by atoms with van der Waals surface area (Å²) in [5, 5.41) is 10.5. The minimum absolute atomic E-state index is 0.0832. The number of hydrogen-bond donors (Lipinski definition) is 1. The van der Waals surface area contributed by atoms with Crippen LogP contribution in [0.3, 0.4) is 0 Å². The molecule has 0 unspecified atom stereocenters. The van der Waals surface area contributed by atoms with Gasteiger partial charge in [-0.3, -0.25) is 0 Å². The molecule has 0 aliphatic carbocycles. The SMILES string of the molecule is COc1ccc(CCn2ccc3c(CO)cccc32)cc1. The van der Waals surface area contributed by atoms with Crippen LogP contribution in [0.2, 0.25) is 0 Å². The van der Waals surface area contributed by atoms with Crippen molar-refractivity contribution in [3.8, 4) is 5.75 Å². The maximum atomic E-state index is 9.38. The molecule has 0 atom stereocenters. The van der Waals surface area contributed by atoms with Gasteiger partial charge in [0.1, 0.15) is 5.75 Å². The van der Waals surface area contributed by atoms with Crippen LogP contribution < -0.4 is 4.74 Å². The summed E-state index contributed by atoms with van der Waals surface area (Å²) in [6.07, 6.45) is 3.06. The van der Waals surface area contributed by atoms with Crippen molar-refractivity contribution in [1.29, 1.82) is 0 Å². The van der Waals surface area contributed by atoms with Crippen LogP contribution in [0.15, 0.2) is 54.7 Å². The molecule has 0 aliphatic rings. The molecule has 3 heteroatoms. The van der Waals surface area contributed by atoms with Crippen LogP contribution in [0, 0.1) is 0 Å².